The number of rotatable bonds is 4. The summed E-state index contributed by atoms with van der Waals surface area (Å²) in [6.07, 6.45) is 4.69. The lowest BCUT2D eigenvalue weighted by Crippen LogP contribution is -2.27. The average Bonchev–Trinajstić information content (AvgIpc) is 3.07. The molecule has 0 radical (unpaired) electrons. The van der Waals surface area contributed by atoms with Crippen LogP contribution in [0.2, 0.25) is 0 Å². The van der Waals surface area contributed by atoms with Gasteiger partial charge in [-0.1, -0.05) is 0 Å². The van der Waals surface area contributed by atoms with Crippen LogP contribution < -0.4 is 10.5 Å². The standard InChI is InChI=1S/C13H15N5O2S/c1-8(13-15-4-5-16-13)18-21(19,20)12-7-17-11-6-9(14)2-3-10(11)12/h2-8,17-18H,14H2,1H3,(H,15,16). The Morgan fingerprint density at radius 1 is 1.33 bits per heavy atom. The summed E-state index contributed by atoms with van der Waals surface area (Å²) in [4.78, 5) is 10.0. The van der Waals surface area contributed by atoms with Gasteiger partial charge in [0.15, 0.2) is 0 Å². The number of nitrogens with one attached hydrogen (secondary N) is 3. The molecule has 110 valence electrons. The first-order valence-electron chi connectivity index (χ1n) is 6.35. The molecule has 21 heavy (non-hydrogen) atoms. The van der Waals surface area contributed by atoms with Crippen molar-refractivity contribution in [1.29, 1.82) is 0 Å². The highest BCUT2D eigenvalue weighted by atomic mass is 32.2. The predicted octanol–water partition coefficient (Wildman–Crippen LogP) is 1.51. The van der Waals surface area contributed by atoms with Gasteiger partial charge in [-0.05, 0) is 25.1 Å². The van der Waals surface area contributed by atoms with Crippen LogP contribution in [-0.2, 0) is 10.0 Å². The van der Waals surface area contributed by atoms with Crippen LogP contribution in [0.5, 0.6) is 0 Å². The summed E-state index contributed by atoms with van der Waals surface area (Å²) in [5, 5.41) is 0.600. The second kappa shape index (κ2) is 4.90. The van der Waals surface area contributed by atoms with E-state index in [9.17, 15) is 8.42 Å². The molecule has 1 atom stereocenters. The molecule has 1 aromatic carbocycles. The van der Waals surface area contributed by atoms with Crippen LogP contribution in [0, 0.1) is 0 Å². The maximum Gasteiger partial charge on any atom is 0.243 e. The van der Waals surface area contributed by atoms with Crippen molar-refractivity contribution in [2.45, 2.75) is 17.9 Å². The zero-order valence-electron chi connectivity index (χ0n) is 11.3. The number of H-pyrrole nitrogens is 2. The Morgan fingerprint density at radius 2 is 2.14 bits per heavy atom. The maximum absolute atomic E-state index is 12.5. The van der Waals surface area contributed by atoms with Crippen LogP contribution in [-0.4, -0.2) is 23.4 Å². The predicted molar refractivity (Wildman–Crippen MR) is 80.0 cm³/mol. The summed E-state index contributed by atoms with van der Waals surface area (Å²) in [6, 6.07) is 4.60. The van der Waals surface area contributed by atoms with E-state index in [1.807, 2.05) is 0 Å². The molecule has 0 aliphatic rings. The topological polar surface area (TPSA) is 117 Å². The summed E-state index contributed by atoms with van der Waals surface area (Å²) >= 11 is 0. The second-order valence-corrected chi connectivity index (χ2v) is 6.46. The summed E-state index contributed by atoms with van der Waals surface area (Å²) in [5.74, 6) is 0.558. The number of nitrogen functional groups attached to an aromatic ring is 1. The summed E-state index contributed by atoms with van der Waals surface area (Å²) in [6.45, 7) is 1.73. The van der Waals surface area contributed by atoms with Crippen LogP contribution in [0.4, 0.5) is 5.69 Å². The lowest BCUT2D eigenvalue weighted by atomic mass is 10.2. The van der Waals surface area contributed by atoms with Crippen LogP contribution in [0.25, 0.3) is 10.9 Å². The summed E-state index contributed by atoms with van der Waals surface area (Å²) < 4.78 is 27.6. The minimum absolute atomic E-state index is 0.191. The van der Waals surface area contributed by atoms with Crippen LogP contribution in [0.15, 0.2) is 41.7 Å². The molecule has 2 heterocycles. The molecule has 0 bridgehead atoms. The van der Waals surface area contributed by atoms with E-state index in [4.69, 9.17) is 5.73 Å². The van der Waals surface area contributed by atoms with Crippen molar-refractivity contribution >= 4 is 26.6 Å². The van der Waals surface area contributed by atoms with Gasteiger partial charge >= 0.3 is 0 Å². The van der Waals surface area contributed by atoms with Crippen molar-refractivity contribution in [2.24, 2.45) is 0 Å². The summed E-state index contributed by atoms with van der Waals surface area (Å²) in [7, 11) is -3.66. The number of aromatic amines is 2. The van der Waals surface area contributed by atoms with Crippen molar-refractivity contribution in [1.82, 2.24) is 19.7 Å². The van der Waals surface area contributed by atoms with Gasteiger partial charge in [0.1, 0.15) is 10.7 Å². The zero-order valence-corrected chi connectivity index (χ0v) is 12.1. The molecule has 3 rings (SSSR count). The number of imidazole rings is 1. The highest BCUT2D eigenvalue weighted by Gasteiger charge is 2.22. The quantitative estimate of drug-likeness (QED) is 0.547. The normalized spacial score (nSPS) is 13.6. The first-order valence-corrected chi connectivity index (χ1v) is 7.84. The van der Waals surface area contributed by atoms with Gasteiger partial charge in [0.2, 0.25) is 10.0 Å². The molecule has 3 aromatic rings. The van der Waals surface area contributed by atoms with E-state index in [-0.39, 0.29) is 4.90 Å². The number of hydrogen-bond donors (Lipinski definition) is 4. The Morgan fingerprint density at radius 3 is 2.86 bits per heavy atom. The molecule has 0 amide bonds. The van der Waals surface area contributed by atoms with Crippen molar-refractivity contribution in [2.75, 3.05) is 5.73 Å². The van der Waals surface area contributed by atoms with Crippen LogP contribution in [0.1, 0.15) is 18.8 Å². The van der Waals surface area contributed by atoms with Gasteiger partial charge in [-0.2, -0.15) is 0 Å². The number of fused-ring (bicyclic) bond motifs is 1. The van der Waals surface area contributed by atoms with E-state index in [1.54, 1.807) is 37.5 Å². The third kappa shape index (κ3) is 2.50. The van der Waals surface area contributed by atoms with Gasteiger partial charge in [0.05, 0.1) is 6.04 Å². The number of hydrogen-bond acceptors (Lipinski definition) is 4. The first kappa shape index (κ1) is 13.7. The SMILES string of the molecule is CC(NS(=O)(=O)c1c[nH]c2cc(N)ccc12)c1ncc[nH]1. The van der Waals surface area contributed by atoms with Crippen molar-refractivity contribution in [3.05, 3.63) is 42.6 Å². The van der Waals surface area contributed by atoms with E-state index >= 15 is 0 Å². The van der Waals surface area contributed by atoms with Gasteiger partial charge in [0, 0.05) is 35.2 Å². The smallest absolute Gasteiger partial charge is 0.243 e. The number of nitrogens with two attached hydrogens (primary N) is 1. The van der Waals surface area contributed by atoms with E-state index in [2.05, 4.69) is 19.7 Å². The molecular weight excluding hydrogens is 290 g/mol. The fourth-order valence-corrected chi connectivity index (χ4v) is 3.59. The lowest BCUT2D eigenvalue weighted by molar-refractivity contribution is 0.562. The number of anilines is 1. The van der Waals surface area contributed by atoms with Crippen LogP contribution in [0.3, 0.4) is 0 Å². The monoisotopic (exact) mass is 305 g/mol. The van der Waals surface area contributed by atoms with Crippen molar-refractivity contribution < 1.29 is 8.42 Å². The number of aromatic nitrogens is 3. The van der Waals surface area contributed by atoms with Gasteiger partial charge in [0.25, 0.3) is 0 Å². The maximum atomic E-state index is 12.5. The van der Waals surface area contributed by atoms with Gasteiger partial charge in [-0.15, -0.1) is 0 Å². The van der Waals surface area contributed by atoms with Crippen molar-refractivity contribution in [3.63, 3.8) is 0 Å². The Bertz CT molecular complexity index is 867. The van der Waals surface area contributed by atoms with E-state index < -0.39 is 16.1 Å². The minimum atomic E-state index is -3.66. The zero-order chi connectivity index (χ0) is 15.0. The van der Waals surface area contributed by atoms with Gasteiger partial charge < -0.3 is 15.7 Å². The fraction of sp³-hybridized carbons (Fsp3) is 0.154. The molecular formula is C13H15N5O2S. The molecule has 8 heteroatoms. The number of nitrogens with zero attached hydrogens (tertiary/aromatic N) is 1. The molecule has 0 aliphatic carbocycles. The molecule has 0 saturated carbocycles. The second-order valence-electron chi connectivity index (χ2n) is 4.78. The molecule has 1 unspecified atom stereocenters. The van der Waals surface area contributed by atoms with Crippen molar-refractivity contribution in [3.8, 4) is 0 Å². The third-order valence-corrected chi connectivity index (χ3v) is 4.80. The lowest BCUT2D eigenvalue weighted by Gasteiger charge is -2.11. The van der Waals surface area contributed by atoms with E-state index in [1.165, 1.54) is 6.20 Å². The minimum Gasteiger partial charge on any atom is -0.399 e. The molecule has 7 nitrogen and oxygen atoms in total. The Kier molecular flexibility index (Phi) is 3.19. The third-order valence-electron chi connectivity index (χ3n) is 3.22. The number of benzene rings is 1. The van der Waals surface area contributed by atoms with Gasteiger partial charge in [-0.25, -0.2) is 18.1 Å². The molecule has 0 saturated heterocycles. The first-order chi connectivity index (χ1) is 9.97. The highest BCUT2D eigenvalue weighted by molar-refractivity contribution is 7.89. The molecule has 2 aromatic heterocycles. The Balaban J connectivity index is 1.97. The molecule has 0 aliphatic heterocycles. The fourth-order valence-electron chi connectivity index (χ4n) is 2.21. The number of sulfonamides is 1. The highest BCUT2D eigenvalue weighted by Crippen LogP contribution is 2.25. The Labute approximate surface area is 121 Å². The largest absolute Gasteiger partial charge is 0.399 e. The molecule has 0 spiro atoms. The molecule has 0 fully saturated rings. The van der Waals surface area contributed by atoms with E-state index in [0.29, 0.717) is 22.4 Å². The molecule has 5 N–H and O–H groups in total. The van der Waals surface area contributed by atoms with Gasteiger partial charge in [-0.3, -0.25) is 0 Å². The average molecular weight is 305 g/mol. The van der Waals surface area contributed by atoms with E-state index in [0.717, 1.165) is 0 Å². The van der Waals surface area contributed by atoms with Crippen LogP contribution >= 0.6 is 0 Å². The Hall–Kier alpha value is -2.32. The summed E-state index contributed by atoms with van der Waals surface area (Å²) in [5.41, 5.74) is 6.95.